The lowest BCUT2D eigenvalue weighted by Gasteiger charge is -1.90. The van der Waals surface area contributed by atoms with Gasteiger partial charge in [0.15, 0.2) is 24.8 Å². The summed E-state index contributed by atoms with van der Waals surface area (Å²) in [4.78, 5) is 18.8. The molecule has 0 N–H and O–H groups in total. The van der Waals surface area contributed by atoms with E-state index < -0.39 is 11.9 Å². The molecule has 0 unspecified atom stereocenters. The van der Waals surface area contributed by atoms with Crippen molar-refractivity contribution in [3.63, 3.8) is 0 Å². The largest absolute Gasteiger partial charge is 0.545 e. The molecule has 0 bridgehead atoms. The van der Waals surface area contributed by atoms with E-state index in [0.29, 0.717) is 12.2 Å². The lowest BCUT2D eigenvalue weighted by molar-refractivity contribution is -0.671. The van der Waals surface area contributed by atoms with E-state index in [1.54, 1.807) is 0 Å². The predicted molar refractivity (Wildman–Crippen MR) is 74.4 cm³/mol. The third-order valence-corrected chi connectivity index (χ3v) is 2.08. The molecule has 2 aromatic rings. The third kappa shape index (κ3) is 13.4. The zero-order valence-electron chi connectivity index (χ0n) is 12.5. The highest BCUT2D eigenvalue weighted by atomic mass is 16.4. The van der Waals surface area contributed by atoms with Crippen LogP contribution in [0.25, 0.3) is 0 Å². The van der Waals surface area contributed by atoms with Gasteiger partial charge in [-0.15, -0.1) is 0 Å². The summed E-state index contributed by atoms with van der Waals surface area (Å²) < 4.78 is 4.00. The number of pyridine rings is 2. The number of aliphatic carboxylic acids is 2. The molecule has 2 aromatic heterocycles. The van der Waals surface area contributed by atoms with Crippen molar-refractivity contribution in [1.29, 1.82) is 0 Å². The Bertz CT molecular complexity index is 530. The summed E-state index contributed by atoms with van der Waals surface area (Å²) in [5, 5.41) is 18.8. The van der Waals surface area contributed by atoms with Crippen LogP contribution in [0.5, 0.6) is 0 Å². The van der Waals surface area contributed by atoms with Gasteiger partial charge in [-0.1, -0.05) is 12.1 Å². The van der Waals surface area contributed by atoms with Gasteiger partial charge in [-0.05, 0) is 12.2 Å². The number of rotatable bonds is 2. The molecule has 0 saturated heterocycles. The lowest BCUT2D eigenvalue weighted by Crippen LogP contribution is -2.25. The Morgan fingerprint density at radius 1 is 0.682 bits per heavy atom. The number of hydrogen-bond acceptors (Lipinski definition) is 4. The molecule has 0 aromatic carbocycles. The fourth-order valence-electron chi connectivity index (χ4n) is 1.11. The van der Waals surface area contributed by atoms with Gasteiger partial charge >= 0.3 is 0 Å². The van der Waals surface area contributed by atoms with Crippen molar-refractivity contribution in [2.24, 2.45) is 14.1 Å². The van der Waals surface area contributed by atoms with E-state index >= 15 is 0 Å². The van der Waals surface area contributed by atoms with Crippen molar-refractivity contribution in [3.05, 3.63) is 73.3 Å². The number of carboxylic acids is 2. The first-order valence-corrected chi connectivity index (χ1v) is 6.32. The molecule has 0 atom stereocenters. The van der Waals surface area contributed by atoms with Crippen molar-refractivity contribution in [2.45, 2.75) is 0 Å². The minimum atomic E-state index is -1.55. The minimum absolute atomic E-state index is 0.384. The van der Waals surface area contributed by atoms with Gasteiger partial charge in [-0.3, -0.25) is 0 Å². The van der Waals surface area contributed by atoms with Gasteiger partial charge in [0.1, 0.15) is 14.1 Å². The van der Waals surface area contributed by atoms with Crippen LogP contribution in [0.15, 0.2) is 73.3 Å². The summed E-state index contributed by atoms with van der Waals surface area (Å²) in [6.07, 6.45) is 8.77. The summed E-state index contributed by atoms with van der Waals surface area (Å²) in [5.74, 6) is -3.09. The highest BCUT2D eigenvalue weighted by Crippen LogP contribution is 1.72. The lowest BCUT2D eigenvalue weighted by atomic mass is 10.5. The Morgan fingerprint density at radius 2 is 0.955 bits per heavy atom. The predicted octanol–water partition coefficient (Wildman–Crippen LogP) is -1.94. The monoisotopic (exact) mass is 302 g/mol. The molecule has 6 nitrogen and oxygen atoms in total. The van der Waals surface area contributed by atoms with E-state index in [4.69, 9.17) is 0 Å². The zero-order chi connectivity index (χ0) is 16.8. The normalized spacial score (nSPS) is 9.00. The Balaban J connectivity index is 0.000000301. The summed E-state index contributed by atoms with van der Waals surface area (Å²) in [6.45, 7) is 0. The van der Waals surface area contributed by atoms with Gasteiger partial charge in [-0.2, -0.15) is 0 Å². The van der Waals surface area contributed by atoms with Crippen molar-refractivity contribution < 1.29 is 28.9 Å². The van der Waals surface area contributed by atoms with E-state index in [2.05, 4.69) is 0 Å². The first kappa shape index (κ1) is 19.0. The van der Waals surface area contributed by atoms with Crippen molar-refractivity contribution in [2.75, 3.05) is 0 Å². The molecule has 2 rings (SSSR count). The second-order valence-corrected chi connectivity index (χ2v) is 4.05. The maximum atomic E-state index is 9.41. The molecule has 0 aliphatic rings. The molecule has 0 aliphatic carbocycles. The van der Waals surface area contributed by atoms with Crippen molar-refractivity contribution in [1.82, 2.24) is 0 Å². The Kier molecular flexibility index (Phi) is 10.2. The molecule has 0 spiro atoms. The van der Waals surface area contributed by atoms with Crippen LogP contribution >= 0.6 is 0 Å². The average Bonchev–Trinajstić information content (AvgIpc) is 2.48. The topological polar surface area (TPSA) is 88.0 Å². The third-order valence-electron chi connectivity index (χ3n) is 2.08. The minimum Gasteiger partial charge on any atom is -0.545 e. The quantitative estimate of drug-likeness (QED) is 0.477. The van der Waals surface area contributed by atoms with Crippen LogP contribution in [0.1, 0.15) is 0 Å². The molecule has 0 amide bonds. The van der Waals surface area contributed by atoms with Gasteiger partial charge in [0.25, 0.3) is 0 Å². The van der Waals surface area contributed by atoms with Crippen LogP contribution in [0.2, 0.25) is 0 Å². The van der Waals surface area contributed by atoms with Crippen LogP contribution < -0.4 is 19.3 Å². The second kappa shape index (κ2) is 11.8. The second-order valence-electron chi connectivity index (χ2n) is 4.05. The first-order valence-electron chi connectivity index (χ1n) is 6.32. The maximum Gasteiger partial charge on any atom is 0.168 e. The molecule has 6 heteroatoms. The summed E-state index contributed by atoms with van der Waals surface area (Å²) >= 11 is 0. The molecular formula is C16H18N2O4. The molecular weight excluding hydrogens is 284 g/mol. The average molecular weight is 302 g/mol. The van der Waals surface area contributed by atoms with Gasteiger partial charge < -0.3 is 19.8 Å². The molecule has 22 heavy (non-hydrogen) atoms. The van der Waals surface area contributed by atoms with Crippen molar-refractivity contribution >= 4 is 11.9 Å². The van der Waals surface area contributed by atoms with Crippen LogP contribution in [0, 0.1) is 0 Å². The summed E-state index contributed by atoms with van der Waals surface area (Å²) in [5.41, 5.74) is 0. The van der Waals surface area contributed by atoms with Crippen LogP contribution in [0.4, 0.5) is 0 Å². The molecule has 0 saturated carbocycles. The van der Waals surface area contributed by atoms with E-state index in [-0.39, 0.29) is 0 Å². The van der Waals surface area contributed by atoms with E-state index in [9.17, 15) is 19.8 Å². The summed E-state index contributed by atoms with van der Waals surface area (Å²) in [6, 6.07) is 12.0. The Morgan fingerprint density at radius 3 is 1.09 bits per heavy atom. The molecule has 0 radical (unpaired) electrons. The van der Waals surface area contributed by atoms with Crippen LogP contribution in [0.3, 0.4) is 0 Å². The maximum absolute atomic E-state index is 9.41. The Labute approximate surface area is 129 Å². The fraction of sp³-hybridized carbons (Fsp3) is 0.125. The van der Waals surface area contributed by atoms with Gasteiger partial charge in [0, 0.05) is 24.3 Å². The molecule has 2 heterocycles. The molecule has 116 valence electrons. The zero-order valence-corrected chi connectivity index (χ0v) is 12.5. The fourth-order valence-corrected chi connectivity index (χ4v) is 1.11. The number of aryl methyl sites for hydroxylation is 2. The van der Waals surface area contributed by atoms with Gasteiger partial charge in [-0.25, -0.2) is 9.13 Å². The SMILES string of the molecule is C[n+]1ccccc1.C[n+]1ccccc1.O=C([O-])C=CC(=O)[O-]. The number of carboxylic acid groups (broad SMARTS) is 2. The number of aromatic nitrogens is 2. The highest BCUT2D eigenvalue weighted by Gasteiger charge is 1.79. The van der Waals surface area contributed by atoms with E-state index in [1.165, 1.54) is 0 Å². The number of nitrogens with zero attached hydrogens (tertiary/aromatic N) is 2. The van der Waals surface area contributed by atoms with Gasteiger partial charge in [0.05, 0.1) is 11.9 Å². The van der Waals surface area contributed by atoms with Crippen LogP contribution in [-0.4, -0.2) is 11.9 Å². The van der Waals surface area contributed by atoms with Crippen LogP contribution in [-0.2, 0) is 23.7 Å². The standard InChI is InChI=1S/2C6H8N.C4H4O4/c2*1-7-5-3-2-4-6-7;5-3(6)1-2-4(7)8/h2*2-6H,1H3;1-2H,(H,5,6)(H,7,8)/q2*+1;/p-2. The van der Waals surface area contributed by atoms with E-state index in [0.717, 1.165) is 0 Å². The highest BCUT2D eigenvalue weighted by molar-refractivity contribution is 5.87. The molecule has 0 aliphatic heterocycles. The Hall–Kier alpha value is -3.02. The molecule has 0 fully saturated rings. The smallest absolute Gasteiger partial charge is 0.168 e. The first-order chi connectivity index (χ1) is 10.4. The van der Waals surface area contributed by atoms with Gasteiger partial charge in [0.2, 0.25) is 0 Å². The number of carbonyl (C=O) groups excluding carboxylic acids is 2. The van der Waals surface area contributed by atoms with Crippen molar-refractivity contribution in [3.8, 4) is 0 Å². The number of hydrogen-bond donors (Lipinski definition) is 0. The summed E-state index contributed by atoms with van der Waals surface area (Å²) in [7, 11) is 4.00. The number of carbonyl (C=O) groups is 2. The van der Waals surface area contributed by atoms with E-state index in [1.807, 2.05) is 84.4 Å².